The molecule has 0 aliphatic carbocycles. The molecular formula is C8H19N3O. The molecule has 0 saturated carbocycles. The lowest BCUT2D eigenvalue weighted by Gasteiger charge is -2.32. The summed E-state index contributed by atoms with van der Waals surface area (Å²) in [6.45, 7) is 3.93. The highest BCUT2D eigenvalue weighted by molar-refractivity contribution is 4.86. The van der Waals surface area contributed by atoms with Gasteiger partial charge in [0, 0.05) is 19.6 Å². The van der Waals surface area contributed by atoms with Gasteiger partial charge in [-0.3, -0.25) is 0 Å². The Hall–Kier alpha value is -0.160. The Morgan fingerprint density at radius 2 is 2.08 bits per heavy atom. The van der Waals surface area contributed by atoms with Crippen molar-refractivity contribution in [2.75, 3.05) is 32.7 Å². The number of rotatable bonds is 4. The summed E-state index contributed by atoms with van der Waals surface area (Å²) < 4.78 is 0. The molecule has 4 nitrogen and oxygen atoms in total. The molecule has 1 aliphatic rings. The molecule has 72 valence electrons. The largest absolute Gasteiger partial charge is 0.388 e. The predicted octanol–water partition coefficient (Wildman–Crippen LogP) is -1.35. The highest BCUT2D eigenvalue weighted by Crippen LogP contribution is 2.16. The molecule has 4 heteroatoms. The van der Waals surface area contributed by atoms with E-state index in [1.807, 2.05) is 0 Å². The average Bonchev–Trinajstić information content (AvgIpc) is 2.06. The topological polar surface area (TPSA) is 70.3 Å². The fourth-order valence-electron chi connectivity index (χ4n) is 1.49. The minimum Gasteiger partial charge on any atom is -0.388 e. The van der Waals surface area contributed by atoms with Crippen molar-refractivity contribution in [1.82, 2.24) is 10.6 Å². The minimum absolute atomic E-state index is 0.500. The molecule has 0 amide bonds. The van der Waals surface area contributed by atoms with Crippen molar-refractivity contribution in [3.63, 3.8) is 0 Å². The Bertz CT molecular complexity index is 123. The fraction of sp³-hybridized carbons (Fsp3) is 1.00. The highest BCUT2D eigenvalue weighted by atomic mass is 16.3. The van der Waals surface area contributed by atoms with Crippen LogP contribution in [0.25, 0.3) is 0 Å². The van der Waals surface area contributed by atoms with Crippen LogP contribution in [-0.2, 0) is 0 Å². The lowest BCUT2D eigenvalue weighted by atomic mass is 9.92. The summed E-state index contributed by atoms with van der Waals surface area (Å²) in [6, 6.07) is 0. The molecule has 1 rings (SSSR count). The van der Waals surface area contributed by atoms with Crippen molar-refractivity contribution < 1.29 is 5.11 Å². The monoisotopic (exact) mass is 173 g/mol. The van der Waals surface area contributed by atoms with Crippen LogP contribution in [0.3, 0.4) is 0 Å². The highest BCUT2D eigenvalue weighted by Gasteiger charge is 2.27. The lowest BCUT2D eigenvalue weighted by molar-refractivity contribution is 0.0116. The molecule has 1 fully saturated rings. The van der Waals surface area contributed by atoms with Crippen LogP contribution in [-0.4, -0.2) is 43.4 Å². The van der Waals surface area contributed by atoms with Crippen molar-refractivity contribution >= 4 is 0 Å². The summed E-state index contributed by atoms with van der Waals surface area (Å²) in [5.74, 6) is 0. The number of aliphatic hydroxyl groups is 1. The molecule has 0 radical (unpaired) electrons. The van der Waals surface area contributed by atoms with Crippen LogP contribution in [0.4, 0.5) is 0 Å². The molecule has 0 aromatic carbocycles. The zero-order chi connectivity index (χ0) is 8.86. The smallest absolute Gasteiger partial charge is 0.0795 e. The number of nitrogens with one attached hydrogen (secondary N) is 2. The first-order valence-electron chi connectivity index (χ1n) is 4.61. The summed E-state index contributed by atoms with van der Waals surface area (Å²) >= 11 is 0. The van der Waals surface area contributed by atoms with E-state index in [4.69, 9.17) is 5.73 Å². The van der Waals surface area contributed by atoms with Crippen LogP contribution in [0.2, 0.25) is 0 Å². The molecule has 5 N–H and O–H groups in total. The van der Waals surface area contributed by atoms with Gasteiger partial charge in [0.05, 0.1) is 5.60 Å². The average molecular weight is 173 g/mol. The molecule has 1 heterocycles. The number of hydrogen-bond acceptors (Lipinski definition) is 4. The first-order valence-corrected chi connectivity index (χ1v) is 4.61. The van der Waals surface area contributed by atoms with Gasteiger partial charge >= 0.3 is 0 Å². The Kier molecular flexibility index (Phi) is 3.94. The van der Waals surface area contributed by atoms with E-state index in [0.29, 0.717) is 13.1 Å². The van der Waals surface area contributed by atoms with Crippen molar-refractivity contribution in [3.8, 4) is 0 Å². The molecule has 1 saturated heterocycles. The standard InChI is InChI=1S/C8H19N3O/c9-3-6-11-7-8(12)1-4-10-5-2-8/h10-12H,1-7,9H2. The quantitative estimate of drug-likeness (QED) is 0.397. The summed E-state index contributed by atoms with van der Waals surface area (Å²) in [6.07, 6.45) is 1.68. The molecule has 0 atom stereocenters. The summed E-state index contributed by atoms with van der Waals surface area (Å²) in [4.78, 5) is 0. The second-order valence-electron chi connectivity index (χ2n) is 3.44. The van der Waals surface area contributed by atoms with E-state index in [0.717, 1.165) is 32.5 Å². The third kappa shape index (κ3) is 3.06. The molecule has 0 bridgehead atoms. The van der Waals surface area contributed by atoms with E-state index in [-0.39, 0.29) is 0 Å². The van der Waals surface area contributed by atoms with Gasteiger partial charge in [0.25, 0.3) is 0 Å². The van der Waals surface area contributed by atoms with Gasteiger partial charge in [-0.25, -0.2) is 0 Å². The Morgan fingerprint density at radius 1 is 1.42 bits per heavy atom. The third-order valence-corrected chi connectivity index (χ3v) is 2.31. The maximum atomic E-state index is 9.95. The number of piperidine rings is 1. The van der Waals surface area contributed by atoms with Crippen LogP contribution < -0.4 is 16.4 Å². The predicted molar refractivity (Wildman–Crippen MR) is 49.0 cm³/mol. The van der Waals surface area contributed by atoms with Gasteiger partial charge in [-0.05, 0) is 25.9 Å². The second-order valence-corrected chi connectivity index (χ2v) is 3.44. The van der Waals surface area contributed by atoms with Gasteiger partial charge in [-0.2, -0.15) is 0 Å². The zero-order valence-electron chi connectivity index (χ0n) is 7.47. The van der Waals surface area contributed by atoms with Gasteiger partial charge in [0.2, 0.25) is 0 Å². The van der Waals surface area contributed by atoms with Crippen molar-refractivity contribution in [3.05, 3.63) is 0 Å². The molecule has 12 heavy (non-hydrogen) atoms. The van der Waals surface area contributed by atoms with Crippen molar-refractivity contribution in [2.24, 2.45) is 5.73 Å². The maximum Gasteiger partial charge on any atom is 0.0795 e. The third-order valence-electron chi connectivity index (χ3n) is 2.31. The molecule has 0 spiro atoms. The Balaban J connectivity index is 2.17. The first-order chi connectivity index (χ1) is 5.77. The van der Waals surface area contributed by atoms with Crippen LogP contribution in [0, 0.1) is 0 Å². The fourth-order valence-corrected chi connectivity index (χ4v) is 1.49. The molecule has 0 aromatic heterocycles. The lowest BCUT2D eigenvalue weighted by Crippen LogP contribution is -2.49. The van der Waals surface area contributed by atoms with E-state index < -0.39 is 5.60 Å². The van der Waals surface area contributed by atoms with Crippen molar-refractivity contribution in [2.45, 2.75) is 18.4 Å². The summed E-state index contributed by atoms with van der Waals surface area (Å²) in [5.41, 5.74) is 4.83. The molecule has 0 unspecified atom stereocenters. The number of nitrogens with two attached hydrogens (primary N) is 1. The SMILES string of the molecule is NCCNCC1(O)CCNCC1. The van der Waals surface area contributed by atoms with Crippen molar-refractivity contribution in [1.29, 1.82) is 0 Å². The normalized spacial score (nSPS) is 22.5. The van der Waals surface area contributed by atoms with Crippen LogP contribution in [0.5, 0.6) is 0 Å². The van der Waals surface area contributed by atoms with Gasteiger partial charge in [0.1, 0.15) is 0 Å². The molecule has 0 aromatic rings. The van der Waals surface area contributed by atoms with E-state index in [1.54, 1.807) is 0 Å². The van der Waals surface area contributed by atoms with Gasteiger partial charge in [0.15, 0.2) is 0 Å². The second kappa shape index (κ2) is 4.77. The van der Waals surface area contributed by atoms with Gasteiger partial charge < -0.3 is 21.5 Å². The molecular weight excluding hydrogens is 154 g/mol. The minimum atomic E-state index is -0.500. The number of hydrogen-bond donors (Lipinski definition) is 4. The van der Waals surface area contributed by atoms with Gasteiger partial charge in [-0.15, -0.1) is 0 Å². The van der Waals surface area contributed by atoms with E-state index in [9.17, 15) is 5.11 Å². The van der Waals surface area contributed by atoms with Gasteiger partial charge in [-0.1, -0.05) is 0 Å². The van der Waals surface area contributed by atoms with E-state index in [1.165, 1.54) is 0 Å². The van der Waals surface area contributed by atoms with E-state index in [2.05, 4.69) is 10.6 Å². The Labute approximate surface area is 73.5 Å². The Morgan fingerprint density at radius 3 is 2.67 bits per heavy atom. The maximum absolute atomic E-state index is 9.95. The van der Waals surface area contributed by atoms with Crippen LogP contribution >= 0.6 is 0 Å². The summed E-state index contributed by atoms with van der Waals surface area (Å²) in [7, 11) is 0. The molecule has 1 aliphatic heterocycles. The van der Waals surface area contributed by atoms with E-state index >= 15 is 0 Å². The zero-order valence-corrected chi connectivity index (χ0v) is 7.47. The first kappa shape index (κ1) is 9.92. The van der Waals surface area contributed by atoms with Crippen LogP contribution in [0.1, 0.15) is 12.8 Å². The summed E-state index contributed by atoms with van der Waals surface area (Å²) in [5, 5.41) is 16.3. The van der Waals surface area contributed by atoms with Crippen LogP contribution in [0.15, 0.2) is 0 Å².